The van der Waals surface area contributed by atoms with Crippen LogP contribution in [0.4, 0.5) is 5.69 Å². The first-order valence-electron chi connectivity index (χ1n) is 8.48. The summed E-state index contributed by atoms with van der Waals surface area (Å²) in [5.41, 5.74) is 2.09. The molecule has 3 rings (SSSR count). The third-order valence-corrected chi connectivity index (χ3v) is 6.78. The summed E-state index contributed by atoms with van der Waals surface area (Å²) in [6.07, 6.45) is 2.90. The zero-order valence-corrected chi connectivity index (χ0v) is 17.0. The summed E-state index contributed by atoms with van der Waals surface area (Å²) in [4.78, 5) is 3.01. The second-order valence-electron chi connectivity index (χ2n) is 6.43. The molecule has 0 aromatic heterocycles. The van der Waals surface area contributed by atoms with Crippen molar-refractivity contribution in [3.63, 3.8) is 0 Å². The molecule has 1 aliphatic rings. The van der Waals surface area contributed by atoms with Crippen molar-refractivity contribution in [2.45, 2.75) is 25.4 Å². The van der Waals surface area contributed by atoms with Crippen LogP contribution in [0.1, 0.15) is 31.0 Å². The van der Waals surface area contributed by atoms with Gasteiger partial charge >= 0.3 is 0 Å². The fraction of sp³-hybridized carbons (Fsp3) is 0.250. The van der Waals surface area contributed by atoms with Gasteiger partial charge in [-0.15, -0.1) is 0 Å². The van der Waals surface area contributed by atoms with Crippen LogP contribution in [0.25, 0.3) is 0 Å². The lowest BCUT2D eigenvalue weighted by molar-refractivity contribution is 0.457. The molecule has 2 aromatic carbocycles. The average molecular weight is 400 g/mol. The molecule has 0 fully saturated rings. The van der Waals surface area contributed by atoms with E-state index in [0.717, 1.165) is 16.2 Å². The van der Waals surface area contributed by atoms with Crippen LogP contribution in [0.15, 0.2) is 65.7 Å². The van der Waals surface area contributed by atoms with Crippen LogP contribution >= 0.6 is 11.8 Å². The van der Waals surface area contributed by atoms with Crippen molar-refractivity contribution in [2.75, 3.05) is 11.2 Å². The molecule has 1 heterocycles. The van der Waals surface area contributed by atoms with E-state index in [9.17, 15) is 8.42 Å². The Bertz CT molecular complexity index is 980. The first kappa shape index (κ1) is 19.3. The summed E-state index contributed by atoms with van der Waals surface area (Å²) >= 11 is 1.51. The minimum absolute atomic E-state index is 0.0693. The Morgan fingerprint density at radius 2 is 1.78 bits per heavy atom. The Morgan fingerprint density at radius 1 is 1.15 bits per heavy atom. The van der Waals surface area contributed by atoms with Gasteiger partial charge in [0.15, 0.2) is 5.50 Å². The van der Waals surface area contributed by atoms with E-state index in [1.54, 1.807) is 18.3 Å². The molecule has 0 saturated carbocycles. The zero-order valence-electron chi connectivity index (χ0n) is 15.4. The van der Waals surface area contributed by atoms with Gasteiger partial charge in [-0.2, -0.15) is 5.26 Å². The molecule has 0 bridgehead atoms. The van der Waals surface area contributed by atoms with Crippen LogP contribution in [0.3, 0.4) is 0 Å². The van der Waals surface area contributed by atoms with Crippen molar-refractivity contribution in [3.05, 3.63) is 76.8 Å². The molecule has 0 N–H and O–H groups in total. The zero-order chi connectivity index (χ0) is 19.6. The predicted octanol–water partition coefficient (Wildman–Crippen LogP) is 4.28. The van der Waals surface area contributed by atoms with Gasteiger partial charge in [0.1, 0.15) is 0 Å². The van der Waals surface area contributed by atoms with Gasteiger partial charge in [-0.05, 0) is 43.7 Å². The first-order chi connectivity index (χ1) is 12.8. The summed E-state index contributed by atoms with van der Waals surface area (Å²) in [6, 6.07) is 19.3. The number of anilines is 1. The molecule has 0 radical (unpaired) electrons. The van der Waals surface area contributed by atoms with Gasteiger partial charge < -0.3 is 4.90 Å². The van der Waals surface area contributed by atoms with Gasteiger partial charge in [0.05, 0.1) is 23.9 Å². The summed E-state index contributed by atoms with van der Waals surface area (Å²) in [5.74, 6) is 0. The Kier molecular flexibility index (Phi) is 5.49. The van der Waals surface area contributed by atoms with Gasteiger partial charge in [-0.25, -0.2) is 12.7 Å². The lowest BCUT2D eigenvalue weighted by Crippen LogP contribution is -2.45. The molecule has 7 heteroatoms. The Labute approximate surface area is 165 Å². The molecule has 2 unspecified atom stereocenters. The summed E-state index contributed by atoms with van der Waals surface area (Å²) in [7, 11) is -3.42. The maximum atomic E-state index is 12.4. The number of nitrogens with zero attached hydrogens (tertiary/aromatic N) is 3. The average Bonchev–Trinajstić information content (AvgIpc) is 3.05. The van der Waals surface area contributed by atoms with Crippen LogP contribution in [0.5, 0.6) is 0 Å². The quantitative estimate of drug-likeness (QED) is 0.751. The highest BCUT2D eigenvalue weighted by Crippen LogP contribution is 2.42. The molecule has 5 nitrogen and oxygen atoms in total. The summed E-state index contributed by atoms with van der Waals surface area (Å²) < 4.78 is 26.2. The summed E-state index contributed by atoms with van der Waals surface area (Å²) in [5, 5.41) is 9.09. The molecule has 27 heavy (non-hydrogen) atoms. The standard InChI is InChI=1S/C20H21N3O2S2/c1-15-14-22(27(3,24)25)20(26-15)23(16(2)18-7-5-4-6-8-18)19-11-9-17(13-21)10-12-19/h4-12,14,16,20H,1-3H3. The lowest BCUT2D eigenvalue weighted by atomic mass is 10.1. The van der Waals surface area contributed by atoms with Crippen LogP contribution in [-0.4, -0.2) is 24.5 Å². The highest BCUT2D eigenvalue weighted by molar-refractivity contribution is 8.04. The second-order valence-corrected chi connectivity index (χ2v) is 9.62. The summed E-state index contributed by atoms with van der Waals surface area (Å²) in [6.45, 7) is 3.97. The number of allylic oxidation sites excluding steroid dienone is 1. The van der Waals surface area contributed by atoms with Gasteiger partial charge in [-0.1, -0.05) is 42.1 Å². The van der Waals surface area contributed by atoms with Gasteiger partial charge in [0.25, 0.3) is 0 Å². The van der Waals surface area contributed by atoms with E-state index < -0.39 is 15.5 Å². The molecule has 2 aromatic rings. The second kappa shape index (κ2) is 7.67. The Hall–Kier alpha value is -2.43. The molecule has 0 amide bonds. The van der Waals surface area contributed by atoms with Crippen molar-refractivity contribution in [2.24, 2.45) is 0 Å². The van der Waals surface area contributed by atoms with Crippen LogP contribution < -0.4 is 4.90 Å². The fourth-order valence-corrected chi connectivity index (χ4v) is 5.61. The van der Waals surface area contributed by atoms with Gasteiger partial charge in [-0.3, -0.25) is 0 Å². The van der Waals surface area contributed by atoms with E-state index in [-0.39, 0.29) is 6.04 Å². The van der Waals surface area contributed by atoms with Crippen LogP contribution in [-0.2, 0) is 10.0 Å². The van der Waals surface area contributed by atoms with Crippen LogP contribution in [0.2, 0.25) is 0 Å². The number of benzene rings is 2. The van der Waals surface area contributed by atoms with E-state index in [4.69, 9.17) is 5.26 Å². The van der Waals surface area contributed by atoms with Gasteiger partial charge in [0, 0.05) is 16.8 Å². The largest absolute Gasteiger partial charge is 0.335 e. The Morgan fingerprint density at radius 3 is 2.33 bits per heavy atom. The maximum Gasteiger partial charge on any atom is 0.234 e. The number of nitriles is 1. The molecular formula is C20H21N3O2S2. The molecule has 0 spiro atoms. The van der Waals surface area contributed by atoms with Crippen molar-refractivity contribution in [1.29, 1.82) is 5.26 Å². The van der Waals surface area contributed by atoms with E-state index >= 15 is 0 Å². The molecule has 1 aliphatic heterocycles. The lowest BCUT2D eigenvalue weighted by Gasteiger charge is -2.40. The SMILES string of the molecule is CC1=CN(S(C)(=O)=O)C(N(c2ccc(C#N)cc2)C(C)c2ccccc2)S1. The molecule has 2 atom stereocenters. The topological polar surface area (TPSA) is 64.4 Å². The van der Waals surface area contributed by atoms with Crippen molar-refractivity contribution < 1.29 is 8.42 Å². The number of thioether (sulfide) groups is 1. The molecule has 0 saturated heterocycles. The molecular weight excluding hydrogens is 378 g/mol. The van der Waals surface area contributed by atoms with E-state index in [0.29, 0.717) is 5.56 Å². The normalized spacial score (nSPS) is 17.9. The van der Waals surface area contributed by atoms with Crippen molar-refractivity contribution in [3.8, 4) is 6.07 Å². The van der Waals surface area contributed by atoms with E-state index in [2.05, 4.69) is 17.9 Å². The molecule has 140 valence electrons. The maximum absolute atomic E-state index is 12.4. The van der Waals surface area contributed by atoms with Crippen molar-refractivity contribution in [1.82, 2.24) is 4.31 Å². The number of sulfonamides is 1. The highest BCUT2D eigenvalue weighted by atomic mass is 32.2. The number of hydrogen-bond acceptors (Lipinski definition) is 5. The van der Waals surface area contributed by atoms with Crippen LogP contribution in [0, 0.1) is 11.3 Å². The highest BCUT2D eigenvalue weighted by Gasteiger charge is 2.37. The minimum atomic E-state index is -3.42. The predicted molar refractivity (Wildman–Crippen MR) is 110 cm³/mol. The smallest absolute Gasteiger partial charge is 0.234 e. The van der Waals surface area contributed by atoms with E-state index in [1.807, 2.05) is 49.4 Å². The Balaban J connectivity index is 2.08. The third-order valence-electron chi connectivity index (χ3n) is 4.43. The first-order valence-corrected chi connectivity index (χ1v) is 11.2. The third kappa shape index (κ3) is 4.12. The number of rotatable bonds is 5. The van der Waals surface area contributed by atoms with Gasteiger partial charge in [0.2, 0.25) is 10.0 Å². The monoisotopic (exact) mass is 399 g/mol. The van der Waals surface area contributed by atoms with E-state index in [1.165, 1.54) is 22.3 Å². The number of hydrogen-bond donors (Lipinski definition) is 0. The fourth-order valence-electron chi connectivity index (χ4n) is 3.07. The minimum Gasteiger partial charge on any atom is -0.335 e. The molecule has 0 aliphatic carbocycles. The van der Waals surface area contributed by atoms with Crippen molar-refractivity contribution >= 4 is 27.5 Å².